The van der Waals surface area contributed by atoms with Crippen molar-refractivity contribution < 1.29 is 17.9 Å². The van der Waals surface area contributed by atoms with Crippen molar-refractivity contribution in [2.24, 2.45) is 0 Å². The molecule has 1 fully saturated rings. The zero-order chi connectivity index (χ0) is 17.9. The fourth-order valence-corrected chi connectivity index (χ4v) is 4.79. The molecule has 5 nitrogen and oxygen atoms in total. The number of carbonyl (C=O) groups is 1. The fraction of sp³-hybridized carbons (Fsp3) is 0.316. The number of hydrogen-bond donors (Lipinski definition) is 0. The van der Waals surface area contributed by atoms with Gasteiger partial charge in [0.25, 0.3) is 5.91 Å². The summed E-state index contributed by atoms with van der Waals surface area (Å²) in [7, 11) is -1.47. The third-order valence-electron chi connectivity index (χ3n) is 4.44. The standard InChI is InChI=1S/C19H21NO4S/c1-24-18-9-7-15(8-10-18)13-20(17-11-12-25(22,23)14-17)19(21)16-5-3-2-4-6-16/h2-10,17H,11-14H2,1H3/t17-/m0/s1. The van der Waals surface area contributed by atoms with Gasteiger partial charge in [0.2, 0.25) is 0 Å². The van der Waals surface area contributed by atoms with Crippen LogP contribution < -0.4 is 4.74 Å². The molecular formula is C19H21NO4S. The lowest BCUT2D eigenvalue weighted by atomic mass is 10.1. The summed E-state index contributed by atoms with van der Waals surface area (Å²) in [6, 6.07) is 16.2. The van der Waals surface area contributed by atoms with E-state index >= 15 is 0 Å². The first-order chi connectivity index (χ1) is 12.0. The Morgan fingerprint density at radius 2 is 1.80 bits per heavy atom. The van der Waals surface area contributed by atoms with Gasteiger partial charge in [-0.1, -0.05) is 30.3 Å². The summed E-state index contributed by atoms with van der Waals surface area (Å²) in [5.74, 6) is 0.771. The Labute approximate surface area is 148 Å². The molecule has 2 aromatic carbocycles. The van der Waals surface area contributed by atoms with Crippen molar-refractivity contribution >= 4 is 15.7 Å². The molecule has 1 aliphatic heterocycles. The first-order valence-electron chi connectivity index (χ1n) is 8.18. The quantitative estimate of drug-likeness (QED) is 0.823. The average Bonchev–Trinajstić information content (AvgIpc) is 3.00. The maximum atomic E-state index is 13.0. The molecule has 1 saturated heterocycles. The molecule has 0 aliphatic carbocycles. The molecule has 132 valence electrons. The molecule has 2 aromatic rings. The van der Waals surface area contributed by atoms with E-state index in [1.807, 2.05) is 42.5 Å². The molecule has 0 unspecified atom stereocenters. The van der Waals surface area contributed by atoms with Gasteiger partial charge >= 0.3 is 0 Å². The van der Waals surface area contributed by atoms with E-state index in [0.717, 1.165) is 11.3 Å². The molecule has 0 radical (unpaired) electrons. The summed E-state index contributed by atoms with van der Waals surface area (Å²) in [4.78, 5) is 14.7. The predicted octanol–water partition coefficient (Wildman–Crippen LogP) is 2.52. The summed E-state index contributed by atoms with van der Waals surface area (Å²) < 4.78 is 28.9. The third kappa shape index (κ3) is 4.20. The van der Waals surface area contributed by atoms with Crippen molar-refractivity contribution in [1.29, 1.82) is 0 Å². The molecule has 25 heavy (non-hydrogen) atoms. The van der Waals surface area contributed by atoms with E-state index in [1.54, 1.807) is 24.1 Å². The Morgan fingerprint density at radius 3 is 2.36 bits per heavy atom. The smallest absolute Gasteiger partial charge is 0.254 e. The van der Waals surface area contributed by atoms with Crippen molar-refractivity contribution in [1.82, 2.24) is 4.90 Å². The highest BCUT2D eigenvalue weighted by Crippen LogP contribution is 2.23. The molecule has 6 heteroatoms. The predicted molar refractivity (Wildman–Crippen MR) is 96.4 cm³/mol. The van der Waals surface area contributed by atoms with Crippen LogP contribution in [0.5, 0.6) is 5.75 Å². The van der Waals surface area contributed by atoms with Gasteiger partial charge in [-0.25, -0.2) is 8.42 Å². The molecule has 1 amide bonds. The highest BCUT2D eigenvalue weighted by atomic mass is 32.2. The van der Waals surface area contributed by atoms with Crippen LogP contribution in [0.25, 0.3) is 0 Å². The van der Waals surface area contributed by atoms with Crippen LogP contribution in [-0.2, 0) is 16.4 Å². The normalized spacial score (nSPS) is 18.7. The molecule has 0 spiro atoms. The minimum absolute atomic E-state index is 0.0295. The van der Waals surface area contributed by atoms with Crippen LogP contribution >= 0.6 is 0 Å². The Bertz CT molecular complexity index is 831. The summed E-state index contributed by atoms with van der Waals surface area (Å²) in [6.45, 7) is 0.373. The number of nitrogens with zero attached hydrogens (tertiary/aromatic N) is 1. The Balaban J connectivity index is 1.87. The van der Waals surface area contributed by atoms with E-state index in [4.69, 9.17) is 4.74 Å². The van der Waals surface area contributed by atoms with Gasteiger partial charge in [0, 0.05) is 18.2 Å². The highest BCUT2D eigenvalue weighted by Gasteiger charge is 2.35. The van der Waals surface area contributed by atoms with Gasteiger partial charge in [-0.05, 0) is 36.2 Å². The van der Waals surface area contributed by atoms with Crippen molar-refractivity contribution in [3.05, 3.63) is 65.7 Å². The first-order valence-corrected chi connectivity index (χ1v) is 10.00. The minimum atomic E-state index is -3.07. The monoisotopic (exact) mass is 359 g/mol. The van der Waals surface area contributed by atoms with Gasteiger partial charge < -0.3 is 9.64 Å². The number of hydrogen-bond acceptors (Lipinski definition) is 4. The third-order valence-corrected chi connectivity index (χ3v) is 6.19. The summed E-state index contributed by atoms with van der Waals surface area (Å²) in [6.07, 6.45) is 0.483. The Kier molecular flexibility index (Phi) is 5.08. The van der Waals surface area contributed by atoms with Crippen molar-refractivity contribution in [3.8, 4) is 5.75 Å². The van der Waals surface area contributed by atoms with Crippen LogP contribution in [0, 0.1) is 0 Å². The van der Waals surface area contributed by atoms with Crippen molar-refractivity contribution in [2.45, 2.75) is 19.0 Å². The lowest BCUT2D eigenvalue weighted by Gasteiger charge is -2.28. The zero-order valence-corrected chi connectivity index (χ0v) is 14.9. The second-order valence-electron chi connectivity index (χ2n) is 6.20. The van der Waals surface area contributed by atoms with E-state index in [2.05, 4.69) is 0 Å². The van der Waals surface area contributed by atoms with Gasteiger partial charge in [-0.2, -0.15) is 0 Å². The second kappa shape index (κ2) is 7.27. The zero-order valence-electron chi connectivity index (χ0n) is 14.1. The van der Waals surface area contributed by atoms with Gasteiger partial charge in [0.15, 0.2) is 9.84 Å². The Hall–Kier alpha value is -2.34. The van der Waals surface area contributed by atoms with Gasteiger partial charge in [0.1, 0.15) is 5.75 Å². The summed E-state index contributed by atoms with van der Waals surface area (Å²) in [5.41, 5.74) is 1.51. The first kappa shape index (κ1) is 17.5. The molecule has 0 saturated carbocycles. The van der Waals surface area contributed by atoms with Crippen molar-refractivity contribution in [3.63, 3.8) is 0 Å². The number of amides is 1. The second-order valence-corrected chi connectivity index (χ2v) is 8.43. The van der Waals surface area contributed by atoms with E-state index in [1.165, 1.54) is 0 Å². The number of methoxy groups -OCH3 is 1. The number of benzene rings is 2. The molecule has 3 rings (SSSR count). The van der Waals surface area contributed by atoms with Crippen LogP contribution in [0.2, 0.25) is 0 Å². The average molecular weight is 359 g/mol. The summed E-state index contributed by atoms with van der Waals surface area (Å²) in [5, 5.41) is 0. The number of carbonyl (C=O) groups excluding carboxylic acids is 1. The van der Waals surface area contributed by atoms with Crippen LogP contribution in [0.15, 0.2) is 54.6 Å². The SMILES string of the molecule is COc1ccc(CN(C(=O)c2ccccc2)[C@H]2CCS(=O)(=O)C2)cc1. The highest BCUT2D eigenvalue weighted by molar-refractivity contribution is 7.91. The summed E-state index contributed by atoms with van der Waals surface area (Å²) >= 11 is 0. The van der Waals surface area contributed by atoms with Crippen LogP contribution in [-0.4, -0.2) is 43.9 Å². The molecule has 1 aliphatic rings. The van der Waals surface area contributed by atoms with E-state index in [-0.39, 0.29) is 23.5 Å². The lowest BCUT2D eigenvalue weighted by molar-refractivity contribution is 0.0681. The van der Waals surface area contributed by atoms with Crippen LogP contribution in [0.1, 0.15) is 22.3 Å². The van der Waals surface area contributed by atoms with Gasteiger partial charge in [-0.3, -0.25) is 4.79 Å². The molecule has 1 atom stereocenters. The van der Waals surface area contributed by atoms with Crippen LogP contribution in [0.4, 0.5) is 0 Å². The maximum Gasteiger partial charge on any atom is 0.254 e. The molecule has 0 aromatic heterocycles. The number of rotatable bonds is 5. The molecular weight excluding hydrogens is 338 g/mol. The largest absolute Gasteiger partial charge is 0.497 e. The van der Waals surface area contributed by atoms with Crippen LogP contribution in [0.3, 0.4) is 0 Å². The van der Waals surface area contributed by atoms with Crippen molar-refractivity contribution in [2.75, 3.05) is 18.6 Å². The number of sulfone groups is 1. The lowest BCUT2D eigenvalue weighted by Crippen LogP contribution is -2.40. The molecule has 0 N–H and O–H groups in total. The van der Waals surface area contributed by atoms with Gasteiger partial charge in [-0.15, -0.1) is 0 Å². The number of ether oxygens (including phenoxy) is 1. The minimum Gasteiger partial charge on any atom is -0.497 e. The molecule has 0 bridgehead atoms. The topological polar surface area (TPSA) is 63.7 Å². The van der Waals surface area contributed by atoms with Gasteiger partial charge in [0.05, 0.1) is 18.6 Å². The van der Waals surface area contributed by atoms with E-state index in [0.29, 0.717) is 18.5 Å². The Morgan fingerprint density at radius 1 is 1.12 bits per heavy atom. The maximum absolute atomic E-state index is 13.0. The van der Waals surface area contributed by atoms with E-state index < -0.39 is 9.84 Å². The van der Waals surface area contributed by atoms with E-state index in [9.17, 15) is 13.2 Å². The fourth-order valence-electron chi connectivity index (χ4n) is 3.06. The molecule has 1 heterocycles.